The second-order valence-electron chi connectivity index (χ2n) is 4.96. The van der Waals surface area contributed by atoms with Crippen LogP contribution < -0.4 is 10.1 Å². The summed E-state index contributed by atoms with van der Waals surface area (Å²) in [5.41, 5.74) is 2.18. The number of rotatable bonds is 4. The quantitative estimate of drug-likeness (QED) is 0.920. The third kappa shape index (κ3) is 3.19. The lowest BCUT2D eigenvalue weighted by Crippen LogP contribution is -2.29. The minimum Gasteiger partial charge on any atom is -0.488 e. The molecule has 3 rings (SSSR count). The van der Waals surface area contributed by atoms with E-state index in [1.165, 1.54) is 11.6 Å². The number of ether oxygens (including phenoxy) is 1. The van der Waals surface area contributed by atoms with Gasteiger partial charge in [-0.2, -0.15) is 0 Å². The van der Waals surface area contributed by atoms with Crippen molar-refractivity contribution in [1.82, 2.24) is 5.32 Å². The van der Waals surface area contributed by atoms with Gasteiger partial charge in [-0.25, -0.2) is 4.39 Å². The lowest BCUT2D eigenvalue weighted by Gasteiger charge is -2.12. The molecule has 1 N–H and O–H groups in total. The summed E-state index contributed by atoms with van der Waals surface area (Å²) in [4.78, 5) is 0. The largest absolute Gasteiger partial charge is 0.488 e. The maximum atomic E-state index is 13.1. The average molecular weight is 336 g/mol. The number of fused-ring (bicyclic) bond motifs is 1. The van der Waals surface area contributed by atoms with E-state index in [4.69, 9.17) is 4.74 Å². The molecule has 0 fully saturated rings. The van der Waals surface area contributed by atoms with E-state index in [2.05, 4.69) is 33.4 Å². The van der Waals surface area contributed by atoms with Gasteiger partial charge in [-0.05, 0) is 35.9 Å². The molecule has 4 heteroatoms. The van der Waals surface area contributed by atoms with Crippen molar-refractivity contribution in [1.29, 1.82) is 0 Å². The van der Waals surface area contributed by atoms with Crippen molar-refractivity contribution in [3.8, 4) is 5.75 Å². The van der Waals surface area contributed by atoms with Crippen LogP contribution in [0.3, 0.4) is 0 Å². The molecule has 0 aromatic heterocycles. The summed E-state index contributed by atoms with van der Waals surface area (Å²) in [6, 6.07) is 12.9. The Kier molecular flexibility index (Phi) is 4.03. The van der Waals surface area contributed by atoms with Gasteiger partial charge in [0.2, 0.25) is 0 Å². The van der Waals surface area contributed by atoms with Crippen LogP contribution in [0.1, 0.15) is 11.1 Å². The summed E-state index contributed by atoms with van der Waals surface area (Å²) in [6.07, 6.45) is 0.845. The van der Waals surface area contributed by atoms with E-state index in [1.807, 2.05) is 12.1 Å². The summed E-state index contributed by atoms with van der Waals surface area (Å²) in [7, 11) is 0. The van der Waals surface area contributed by atoms with E-state index in [9.17, 15) is 4.39 Å². The number of benzene rings is 2. The maximum Gasteiger partial charge on any atom is 0.123 e. The summed E-state index contributed by atoms with van der Waals surface area (Å²) in [5, 5.41) is 3.38. The SMILES string of the molecule is Fc1ccc2c(c1)CC(CNCc1cccc(Br)c1)O2. The highest BCUT2D eigenvalue weighted by atomic mass is 79.9. The Bertz CT molecular complexity index is 617. The molecule has 0 spiro atoms. The molecule has 0 saturated carbocycles. The number of nitrogens with one attached hydrogen (secondary N) is 1. The molecule has 2 aromatic rings. The van der Waals surface area contributed by atoms with Gasteiger partial charge in [0.1, 0.15) is 17.7 Å². The molecule has 0 saturated heterocycles. The minimum absolute atomic E-state index is 0.0824. The zero-order chi connectivity index (χ0) is 13.9. The van der Waals surface area contributed by atoms with Crippen LogP contribution in [-0.4, -0.2) is 12.6 Å². The Labute approximate surface area is 126 Å². The molecular weight excluding hydrogens is 321 g/mol. The van der Waals surface area contributed by atoms with Gasteiger partial charge >= 0.3 is 0 Å². The minimum atomic E-state index is -0.199. The smallest absolute Gasteiger partial charge is 0.123 e. The second kappa shape index (κ2) is 5.94. The van der Waals surface area contributed by atoms with Crippen LogP contribution in [0.5, 0.6) is 5.75 Å². The maximum absolute atomic E-state index is 13.1. The predicted octanol–water partition coefficient (Wildman–Crippen LogP) is 3.68. The summed E-state index contributed by atoms with van der Waals surface area (Å²) in [6.45, 7) is 1.55. The first kappa shape index (κ1) is 13.6. The van der Waals surface area contributed by atoms with Crippen LogP contribution >= 0.6 is 15.9 Å². The lowest BCUT2D eigenvalue weighted by molar-refractivity contribution is 0.227. The Balaban J connectivity index is 1.51. The van der Waals surface area contributed by atoms with Crippen molar-refractivity contribution < 1.29 is 9.13 Å². The van der Waals surface area contributed by atoms with Gasteiger partial charge in [0, 0.05) is 29.5 Å². The highest BCUT2D eigenvalue weighted by Gasteiger charge is 2.22. The lowest BCUT2D eigenvalue weighted by atomic mass is 10.1. The van der Waals surface area contributed by atoms with Crippen LogP contribution in [0.15, 0.2) is 46.9 Å². The molecule has 20 heavy (non-hydrogen) atoms. The fourth-order valence-electron chi connectivity index (χ4n) is 2.43. The molecular formula is C16H15BrFNO. The molecule has 1 aliphatic rings. The average Bonchev–Trinajstić information content (AvgIpc) is 2.80. The third-order valence-corrected chi connectivity index (χ3v) is 3.85. The summed E-state index contributed by atoms with van der Waals surface area (Å²) >= 11 is 3.46. The molecule has 1 heterocycles. The second-order valence-corrected chi connectivity index (χ2v) is 5.87. The number of halogens is 2. The van der Waals surface area contributed by atoms with Gasteiger partial charge in [-0.3, -0.25) is 0 Å². The van der Waals surface area contributed by atoms with Crippen LogP contribution in [0.2, 0.25) is 0 Å². The molecule has 0 bridgehead atoms. The zero-order valence-corrected chi connectivity index (χ0v) is 12.5. The third-order valence-electron chi connectivity index (χ3n) is 3.35. The Morgan fingerprint density at radius 3 is 3.00 bits per heavy atom. The van der Waals surface area contributed by atoms with E-state index in [1.54, 1.807) is 12.1 Å². The Morgan fingerprint density at radius 2 is 2.15 bits per heavy atom. The topological polar surface area (TPSA) is 21.3 Å². The van der Waals surface area contributed by atoms with Gasteiger partial charge in [0.05, 0.1) is 0 Å². The van der Waals surface area contributed by atoms with Crippen LogP contribution in [0.25, 0.3) is 0 Å². The van der Waals surface area contributed by atoms with Gasteiger partial charge < -0.3 is 10.1 Å². The van der Waals surface area contributed by atoms with Gasteiger partial charge in [-0.15, -0.1) is 0 Å². The highest BCUT2D eigenvalue weighted by Crippen LogP contribution is 2.28. The van der Waals surface area contributed by atoms with Crippen LogP contribution in [0, 0.1) is 5.82 Å². The van der Waals surface area contributed by atoms with E-state index in [-0.39, 0.29) is 11.9 Å². The van der Waals surface area contributed by atoms with Crippen molar-refractivity contribution in [2.24, 2.45) is 0 Å². The molecule has 104 valence electrons. The highest BCUT2D eigenvalue weighted by molar-refractivity contribution is 9.10. The van der Waals surface area contributed by atoms with Crippen molar-refractivity contribution >= 4 is 15.9 Å². The normalized spacial score (nSPS) is 16.8. The fraction of sp³-hybridized carbons (Fsp3) is 0.250. The van der Waals surface area contributed by atoms with Crippen molar-refractivity contribution in [2.45, 2.75) is 19.1 Å². The van der Waals surface area contributed by atoms with Crippen LogP contribution in [0.4, 0.5) is 4.39 Å². The number of hydrogen-bond acceptors (Lipinski definition) is 2. The monoisotopic (exact) mass is 335 g/mol. The van der Waals surface area contributed by atoms with Crippen LogP contribution in [-0.2, 0) is 13.0 Å². The molecule has 0 aliphatic carbocycles. The van der Waals surface area contributed by atoms with E-state index >= 15 is 0 Å². The van der Waals surface area contributed by atoms with Gasteiger partial charge in [0.15, 0.2) is 0 Å². The van der Waals surface area contributed by atoms with E-state index in [0.29, 0.717) is 0 Å². The summed E-state index contributed by atoms with van der Waals surface area (Å²) in [5.74, 6) is 0.607. The zero-order valence-electron chi connectivity index (χ0n) is 10.9. The molecule has 2 aromatic carbocycles. The molecule has 1 unspecified atom stereocenters. The van der Waals surface area contributed by atoms with Gasteiger partial charge in [-0.1, -0.05) is 28.1 Å². The first-order valence-electron chi connectivity index (χ1n) is 6.61. The first-order chi connectivity index (χ1) is 9.70. The molecule has 1 atom stereocenters. The molecule has 0 radical (unpaired) electrons. The van der Waals surface area contributed by atoms with Gasteiger partial charge in [0.25, 0.3) is 0 Å². The predicted molar refractivity (Wildman–Crippen MR) is 80.4 cm³/mol. The van der Waals surface area contributed by atoms with Crippen molar-refractivity contribution in [3.05, 3.63) is 63.9 Å². The van der Waals surface area contributed by atoms with Crippen molar-refractivity contribution in [3.63, 3.8) is 0 Å². The van der Waals surface area contributed by atoms with E-state index in [0.717, 1.165) is 35.3 Å². The first-order valence-corrected chi connectivity index (χ1v) is 7.40. The Hall–Kier alpha value is -1.39. The van der Waals surface area contributed by atoms with E-state index < -0.39 is 0 Å². The molecule has 2 nitrogen and oxygen atoms in total. The standard InChI is InChI=1S/C16H15BrFNO/c17-13-3-1-2-11(6-13)9-19-10-15-8-12-7-14(18)4-5-16(12)20-15/h1-7,15,19H,8-10H2. The Morgan fingerprint density at radius 1 is 1.25 bits per heavy atom. The number of hydrogen-bond donors (Lipinski definition) is 1. The summed E-state index contributed by atoms with van der Waals surface area (Å²) < 4.78 is 20.0. The van der Waals surface area contributed by atoms with Crippen molar-refractivity contribution in [2.75, 3.05) is 6.54 Å². The molecule has 0 amide bonds. The molecule has 1 aliphatic heterocycles. The fourth-order valence-corrected chi connectivity index (χ4v) is 2.87.